The Kier molecular flexibility index (Phi) is 4.55. The second-order valence-electron chi connectivity index (χ2n) is 8.79. The number of rotatable bonds is 3. The van der Waals surface area contributed by atoms with Crippen molar-refractivity contribution in [1.29, 1.82) is 0 Å². The molecule has 0 N–H and O–H groups in total. The van der Waals surface area contributed by atoms with Crippen molar-refractivity contribution in [2.75, 3.05) is 4.90 Å². The van der Waals surface area contributed by atoms with Crippen molar-refractivity contribution in [1.82, 2.24) is 0 Å². The van der Waals surface area contributed by atoms with Crippen LogP contribution in [0.25, 0.3) is 0 Å². The number of imide groups is 1. The van der Waals surface area contributed by atoms with Gasteiger partial charge in [0, 0.05) is 28.8 Å². The number of non-ortho nitro benzene ring substituents is 1. The third kappa shape index (κ3) is 2.67. The number of hydrogen-bond donors (Lipinski definition) is 0. The highest BCUT2D eigenvalue weighted by Crippen LogP contribution is 2.58. The maximum atomic E-state index is 14.9. The Morgan fingerprint density at radius 1 is 0.833 bits per heavy atom. The summed E-state index contributed by atoms with van der Waals surface area (Å²) in [5.74, 6) is -6.81. The average Bonchev–Trinajstić information content (AvgIpc) is 3.44. The molecule has 0 saturated carbocycles. The number of hydrogen-bond acceptors (Lipinski definition) is 7. The van der Waals surface area contributed by atoms with Gasteiger partial charge in [0.25, 0.3) is 5.69 Å². The summed E-state index contributed by atoms with van der Waals surface area (Å²) in [7, 11) is 0. The van der Waals surface area contributed by atoms with Crippen LogP contribution in [-0.2, 0) is 14.3 Å². The first kappa shape index (κ1) is 21.9. The van der Waals surface area contributed by atoms with E-state index in [2.05, 4.69) is 0 Å². The Bertz CT molecular complexity index is 1480. The highest BCUT2D eigenvalue weighted by Gasteiger charge is 2.75. The Morgan fingerprint density at radius 2 is 1.42 bits per heavy atom. The first-order valence-electron chi connectivity index (χ1n) is 11.0. The van der Waals surface area contributed by atoms with Gasteiger partial charge in [-0.3, -0.25) is 29.3 Å². The molecule has 3 aromatic carbocycles. The minimum absolute atomic E-state index is 0.0304. The molecule has 2 heterocycles. The molecule has 3 aliphatic rings. The number of halogens is 1. The Hall–Kier alpha value is -4.57. The summed E-state index contributed by atoms with van der Waals surface area (Å²) in [5, 5.41) is 11.0. The summed E-state index contributed by atoms with van der Waals surface area (Å²) in [6.45, 7) is 0. The molecule has 1 spiro atoms. The smallest absolute Gasteiger partial charge is 0.269 e. The molecule has 3 aromatic rings. The van der Waals surface area contributed by atoms with E-state index in [4.69, 9.17) is 4.74 Å². The summed E-state index contributed by atoms with van der Waals surface area (Å²) < 4.78 is 20.9. The highest BCUT2D eigenvalue weighted by atomic mass is 19.1. The van der Waals surface area contributed by atoms with E-state index in [0.29, 0.717) is 0 Å². The van der Waals surface area contributed by atoms with Gasteiger partial charge in [-0.05, 0) is 18.2 Å². The van der Waals surface area contributed by atoms with Gasteiger partial charge in [-0.25, -0.2) is 9.29 Å². The molecule has 10 heteroatoms. The minimum Gasteiger partial charge on any atom is -0.349 e. The minimum atomic E-state index is -2.33. The number of Topliss-reactive ketones (excluding diaryl/α,β-unsaturated/α-hetero) is 2. The quantitative estimate of drug-likeness (QED) is 0.240. The summed E-state index contributed by atoms with van der Waals surface area (Å²) in [5.41, 5.74) is -2.49. The average molecular weight is 486 g/mol. The molecule has 0 bridgehead atoms. The fraction of sp³-hybridized carbons (Fsp3) is 0.154. The van der Waals surface area contributed by atoms with E-state index in [0.717, 1.165) is 23.1 Å². The monoisotopic (exact) mass is 486 g/mol. The zero-order valence-electron chi connectivity index (χ0n) is 18.3. The summed E-state index contributed by atoms with van der Waals surface area (Å²) >= 11 is 0. The van der Waals surface area contributed by atoms with Gasteiger partial charge >= 0.3 is 0 Å². The number of anilines is 1. The lowest BCUT2D eigenvalue weighted by molar-refractivity contribution is -0.384. The van der Waals surface area contributed by atoms with Crippen molar-refractivity contribution >= 4 is 34.8 Å². The first-order chi connectivity index (χ1) is 17.3. The van der Waals surface area contributed by atoms with E-state index in [1.807, 2.05) is 0 Å². The van der Waals surface area contributed by atoms with Crippen molar-refractivity contribution < 1.29 is 33.2 Å². The number of ketones is 2. The van der Waals surface area contributed by atoms with E-state index in [9.17, 15) is 33.7 Å². The predicted octanol–water partition coefficient (Wildman–Crippen LogP) is 3.43. The lowest BCUT2D eigenvalue weighted by Gasteiger charge is -2.27. The third-order valence-electron chi connectivity index (χ3n) is 7.05. The molecule has 1 aliphatic carbocycles. The standard InChI is InChI=1S/C26H15FN2O7/c27-18-8-4-3-7-17(18)21-19-20(26(36-21)22(30)15-5-1-2-6-16(15)23(26)31)25(33)28(24(19)32)13-9-11-14(12-10-13)29(34)35/h1-12,19-21H/t19-,20+,21+/m0/s1. The van der Waals surface area contributed by atoms with E-state index >= 15 is 0 Å². The molecule has 2 saturated heterocycles. The molecule has 2 amide bonds. The van der Waals surface area contributed by atoms with Gasteiger partial charge in [0.15, 0.2) is 0 Å². The van der Waals surface area contributed by atoms with Crippen molar-refractivity contribution in [2.24, 2.45) is 11.8 Å². The third-order valence-corrected chi connectivity index (χ3v) is 7.05. The molecule has 0 unspecified atom stereocenters. The molecule has 3 atom stereocenters. The molecule has 2 fully saturated rings. The van der Waals surface area contributed by atoms with Crippen LogP contribution in [0.2, 0.25) is 0 Å². The van der Waals surface area contributed by atoms with Crippen LogP contribution in [0, 0.1) is 27.8 Å². The van der Waals surface area contributed by atoms with Crippen LogP contribution in [0.1, 0.15) is 32.4 Å². The van der Waals surface area contributed by atoms with Gasteiger partial charge < -0.3 is 4.74 Å². The Balaban J connectivity index is 1.53. The summed E-state index contributed by atoms with van der Waals surface area (Å²) in [4.78, 5) is 66.0. The van der Waals surface area contributed by atoms with Crippen LogP contribution < -0.4 is 4.90 Å². The number of nitrogens with zero attached hydrogens (tertiary/aromatic N) is 2. The zero-order chi connectivity index (χ0) is 25.4. The van der Waals surface area contributed by atoms with E-state index < -0.39 is 57.7 Å². The van der Waals surface area contributed by atoms with E-state index in [1.165, 1.54) is 42.5 Å². The van der Waals surface area contributed by atoms with Crippen LogP contribution in [-0.4, -0.2) is 33.9 Å². The van der Waals surface area contributed by atoms with Gasteiger partial charge in [0.05, 0.1) is 28.6 Å². The fourth-order valence-electron chi connectivity index (χ4n) is 5.48. The van der Waals surface area contributed by atoms with Gasteiger partial charge in [0.1, 0.15) is 5.82 Å². The molecular formula is C26H15FN2O7. The number of ether oxygens (including phenoxy) is 1. The molecule has 6 rings (SSSR count). The van der Waals surface area contributed by atoms with Crippen LogP contribution in [0.5, 0.6) is 0 Å². The normalized spacial score (nSPS) is 23.9. The molecule has 0 radical (unpaired) electrons. The number of nitro groups is 1. The molecule has 2 aliphatic heterocycles. The Morgan fingerprint density at radius 3 is 2.00 bits per heavy atom. The second-order valence-corrected chi connectivity index (χ2v) is 8.79. The maximum Gasteiger partial charge on any atom is 0.269 e. The fourth-order valence-corrected chi connectivity index (χ4v) is 5.48. The van der Waals surface area contributed by atoms with Gasteiger partial charge in [-0.2, -0.15) is 0 Å². The van der Waals surface area contributed by atoms with Crippen molar-refractivity contribution in [2.45, 2.75) is 11.7 Å². The second kappa shape index (κ2) is 7.46. The first-order valence-corrected chi connectivity index (χ1v) is 11.0. The lowest BCUT2D eigenvalue weighted by atomic mass is 9.77. The maximum absolute atomic E-state index is 14.9. The molecule has 0 aromatic heterocycles. The summed E-state index contributed by atoms with van der Waals surface area (Å²) in [6, 6.07) is 16.2. The number of fused-ring (bicyclic) bond motifs is 3. The SMILES string of the molecule is O=C1[C@@H]2[C@@H](c3ccccc3F)OC3(C(=O)c4ccccc4C3=O)[C@H]2C(=O)N1c1ccc([N+](=O)[O-])cc1. The van der Waals surface area contributed by atoms with Crippen LogP contribution in [0.15, 0.2) is 72.8 Å². The number of nitro benzene ring substituents is 1. The van der Waals surface area contributed by atoms with Crippen molar-refractivity contribution in [3.8, 4) is 0 Å². The molecular weight excluding hydrogens is 471 g/mol. The van der Waals surface area contributed by atoms with Gasteiger partial charge in [-0.1, -0.05) is 42.5 Å². The van der Waals surface area contributed by atoms with E-state index in [1.54, 1.807) is 12.1 Å². The number of benzene rings is 3. The van der Waals surface area contributed by atoms with Crippen LogP contribution >= 0.6 is 0 Å². The van der Waals surface area contributed by atoms with Crippen LogP contribution in [0.4, 0.5) is 15.8 Å². The number of carbonyl (C=O) groups excluding carboxylic acids is 4. The van der Waals surface area contributed by atoms with Crippen molar-refractivity contribution in [3.63, 3.8) is 0 Å². The Labute approximate surface area is 202 Å². The zero-order valence-corrected chi connectivity index (χ0v) is 18.3. The predicted molar refractivity (Wildman–Crippen MR) is 121 cm³/mol. The number of carbonyl (C=O) groups is 4. The van der Waals surface area contributed by atoms with Gasteiger partial charge in [-0.15, -0.1) is 0 Å². The summed E-state index contributed by atoms with van der Waals surface area (Å²) in [6.07, 6.45) is -1.39. The highest BCUT2D eigenvalue weighted by molar-refractivity contribution is 6.37. The van der Waals surface area contributed by atoms with Crippen molar-refractivity contribution in [3.05, 3.63) is 105 Å². The molecule has 178 valence electrons. The van der Waals surface area contributed by atoms with Crippen LogP contribution in [0.3, 0.4) is 0 Å². The lowest BCUT2D eigenvalue weighted by Crippen LogP contribution is -2.51. The molecule has 36 heavy (non-hydrogen) atoms. The largest absolute Gasteiger partial charge is 0.349 e. The van der Waals surface area contributed by atoms with Gasteiger partial charge in [0.2, 0.25) is 29.0 Å². The number of amides is 2. The molecule has 9 nitrogen and oxygen atoms in total. The van der Waals surface area contributed by atoms with E-state index in [-0.39, 0.29) is 28.1 Å². The topological polar surface area (TPSA) is 124 Å².